The normalized spacial score (nSPS) is 12.5. The highest BCUT2D eigenvalue weighted by Crippen LogP contribution is 2.26. The molecule has 3 rings (SSSR count). The van der Waals surface area contributed by atoms with Crippen molar-refractivity contribution in [2.45, 2.75) is 26.8 Å². The number of fused-ring (bicyclic) bond motifs is 1. The molecule has 0 saturated heterocycles. The Morgan fingerprint density at radius 3 is 2.95 bits per heavy atom. The number of rotatable bonds is 4. The quantitative estimate of drug-likeness (QED) is 0.804. The van der Waals surface area contributed by atoms with Gasteiger partial charge in [-0.1, -0.05) is 11.6 Å². The fraction of sp³-hybridized carbons (Fsp3) is 0.294. The highest BCUT2D eigenvalue weighted by atomic mass is 16.3. The number of furan rings is 1. The summed E-state index contributed by atoms with van der Waals surface area (Å²) < 4.78 is 7.66. The number of benzene rings is 1. The van der Waals surface area contributed by atoms with Crippen molar-refractivity contribution in [1.82, 2.24) is 14.9 Å². The minimum Gasteiger partial charge on any atom is -0.451 e. The zero-order chi connectivity index (χ0) is 15.7. The molecule has 5 nitrogen and oxygen atoms in total. The van der Waals surface area contributed by atoms with Gasteiger partial charge in [-0.15, -0.1) is 0 Å². The Labute approximate surface area is 129 Å². The molecule has 1 N–H and O–H groups in total. The molecule has 1 atom stereocenters. The van der Waals surface area contributed by atoms with E-state index in [1.807, 2.05) is 49.7 Å². The van der Waals surface area contributed by atoms with Crippen LogP contribution in [0.4, 0.5) is 0 Å². The molecular weight excluding hydrogens is 278 g/mol. The van der Waals surface area contributed by atoms with Gasteiger partial charge in [-0.3, -0.25) is 4.79 Å². The maximum atomic E-state index is 12.4. The molecule has 1 amide bonds. The second-order valence-electron chi connectivity index (χ2n) is 5.62. The summed E-state index contributed by atoms with van der Waals surface area (Å²) in [5.41, 5.74) is 2.78. The summed E-state index contributed by atoms with van der Waals surface area (Å²) in [4.78, 5) is 16.4. The van der Waals surface area contributed by atoms with E-state index in [4.69, 9.17) is 4.42 Å². The van der Waals surface area contributed by atoms with E-state index < -0.39 is 0 Å². The highest BCUT2D eigenvalue weighted by molar-refractivity contribution is 5.99. The molecule has 2 aromatic heterocycles. The Kier molecular flexibility index (Phi) is 3.71. The Hall–Kier alpha value is -2.56. The largest absolute Gasteiger partial charge is 0.451 e. The molecule has 0 bridgehead atoms. The Morgan fingerprint density at radius 2 is 2.23 bits per heavy atom. The van der Waals surface area contributed by atoms with Crippen molar-refractivity contribution in [2.24, 2.45) is 0 Å². The summed E-state index contributed by atoms with van der Waals surface area (Å²) >= 11 is 0. The lowest BCUT2D eigenvalue weighted by atomic mass is 10.1. The van der Waals surface area contributed by atoms with Gasteiger partial charge in [-0.25, -0.2) is 4.98 Å². The van der Waals surface area contributed by atoms with Crippen LogP contribution in [0, 0.1) is 13.8 Å². The summed E-state index contributed by atoms with van der Waals surface area (Å²) in [6, 6.07) is 6.06. The van der Waals surface area contributed by atoms with Gasteiger partial charge in [0.2, 0.25) is 0 Å². The van der Waals surface area contributed by atoms with Crippen molar-refractivity contribution < 1.29 is 9.21 Å². The van der Waals surface area contributed by atoms with Crippen LogP contribution in [0.3, 0.4) is 0 Å². The number of carbonyl (C=O) groups is 1. The molecule has 0 fully saturated rings. The topological polar surface area (TPSA) is 60.1 Å². The van der Waals surface area contributed by atoms with Crippen LogP contribution in [0.2, 0.25) is 0 Å². The Bertz CT molecular complexity index is 803. The van der Waals surface area contributed by atoms with Crippen molar-refractivity contribution in [1.29, 1.82) is 0 Å². The van der Waals surface area contributed by atoms with Gasteiger partial charge in [0, 0.05) is 35.9 Å². The molecule has 0 aliphatic heterocycles. The van der Waals surface area contributed by atoms with Crippen molar-refractivity contribution in [3.63, 3.8) is 0 Å². The summed E-state index contributed by atoms with van der Waals surface area (Å²) in [5.74, 6) is 0.205. The summed E-state index contributed by atoms with van der Waals surface area (Å²) in [5, 5.41) is 3.92. The zero-order valence-corrected chi connectivity index (χ0v) is 13.0. The van der Waals surface area contributed by atoms with E-state index in [1.54, 1.807) is 12.5 Å². The average molecular weight is 297 g/mol. The smallest absolute Gasteiger partial charge is 0.287 e. The van der Waals surface area contributed by atoms with Crippen LogP contribution in [0.25, 0.3) is 11.0 Å². The molecule has 2 heterocycles. The van der Waals surface area contributed by atoms with Crippen LogP contribution in [0.15, 0.2) is 41.3 Å². The zero-order valence-electron chi connectivity index (χ0n) is 13.0. The fourth-order valence-electron chi connectivity index (χ4n) is 2.51. The molecule has 1 unspecified atom stereocenters. The Morgan fingerprint density at radius 1 is 1.41 bits per heavy atom. The lowest BCUT2D eigenvalue weighted by molar-refractivity contribution is 0.0922. The van der Waals surface area contributed by atoms with Crippen LogP contribution in [-0.2, 0) is 0 Å². The van der Waals surface area contributed by atoms with Crippen molar-refractivity contribution in [3.8, 4) is 0 Å². The van der Waals surface area contributed by atoms with Crippen LogP contribution < -0.4 is 5.32 Å². The highest BCUT2D eigenvalue weighted by Gasteiger charge is 2.18. The standard InChI is InChI=1S/C17H19N3O2/c1-11-4-5-15-14(8-11)13(3)16(22-15)17(21)19-9-12(2)20-7-6-18-10-20/h4-8,10,12H,9H2,1-3H3,(H,19,21). The minimum absolute atomic E-state index is 0.137. The van der Waals surface area contributed by atoms with E-state index >= 15 is 0 Å². The molecule has 0 aliphatic rings. The van der Waals surface area contributed by atoms with E-state index in [2.05, 4.69) is 10.3 Å². The molecule has 5 heteroatoms. The third-order valence-electron chi connectivity index (χ3n) is 3.89. The van der Waals surface area contributed by atoms with E-state index in [9.17, 15) is 4.79 Å². The molecule has 1 aromatic carbocycles. The van der Waals surface area contributed by atoms with E-state index in [0.29, 0.717) is 12.3 Å². The van der Waals surface area contributed by atoms with Crippen LogP contribution >= 0.6 is 0 Å². The molecular formula is C17H19N3O2. The maximum Gasteiger partial charge on any atom is 0.287 e. The summed E-state index contributed by atoms with van der Waals surface area (Å²) in [7, 11) is 0. The van der Waals surface area contributed by atoms with E-state index in [-0.39, 0.29) is 11.9 Å². The van der Waals surface area contributed by atoms with Crippen molar-refractivity contribution in [3.05, 3.63) is 53.8 Å². The SMILES string of the molecule is Cc1ccc2oc(C(=O)NCC(C)n3ccnc3)c(C)c2c1. The van der Waals surface area contributed by atoms with E-state index in [1.165, 1.54) is 0 Å². The number of aryl methyl sites for hydroxylation is 2. The maximum absolute atomic E-state index is 12.4. The predicted octanol–water partition coefficient (Wildman–Crippen LogP) is 3.24. The minimum atomic E-state index is -0.182. The van der Waals surface area contributed by atoms with Crippen LogP contribution in [0.5, 0.6) is 0 Å². The molecule has 0 radical (unpaired) electrons. The number of carbonyl (C=O) groups excluding carboxylic acids is 1. The van der Waals surface area contributed by atoms with Crippen molar-refractivity contribution >= 4 is 16.9 Å². The Balaban J connectivity index is 1.76. The second-order valence-corrected chi connectivity index (χ2v) is 5.62. The average Bonchev–Trinajstić information content (AvgIpc) is 3.14. The van der Waals surface area contributed by atoms with Gasteiger partial charge in [-0.2, -0.15) is 0 Å². The van der Waals surface area contributed by atoms with Crippen LogP contribution in [-0.4, -0.2) is 22.0 Å². The number of aromatic nitrogens is 2. The fourth-order valence-corrected chi connectivity index (χ4v) is 2.51. The van der Waals surface area contributed by atoms with Gasteiger partial charge in [0.1, 0.15) is 5.58 Å². The second kappa shape index (κ2) is 5.67. The number of imidazole rings is 1. The predicted molar refractivity (Wildman–Crippen MR) is 85.0 cm³/mol. The lowest BCUT2D eigenvalue weighted by Gasteiger charge is -2.13. The van der Waals surface area contributed by atoms with Gasteiger partial charge in [0.25, 0.3) is 5.91 Å². The van der Waals surface area contributed by atoms with Gasteiger partial charge in [-0.05, 0) is 32.9 Å². The number of nitrogens with one attached hydrogen (secondary N) is 1. The molecule has 0 aliphatic carbocycles. The molecule has 114 valence electrons. The third-order valence-corrected chi connectivity index (χ3v) is 3.89. The van der Waals surface area contributed by atoms with Gasteiger partial charge in [0.15, 0.2) is 5.76 Å². The third kappa shape index (κ3) is 2.62. The first-order chi connectivity index (χ1) is 10.6. The first kappa shape index (κ1) is 14.4. The number of hydrogen-bond acceptors (Lipinski definition) is 3. The molecule has 3 aromatic rings. The summed E-state index contributed by atoms with van der Waals surface area (Å²) in [6.45, 7) is 6.49. The molecule has 0 spiro atoms. The van der Waals surface area contributed by atoms with E-state index in [0.717, 1.165) is 22.1 Å². The van der Waals surface area contributed by atoms with Gasteiger partial charge in [0.05, 0.1) is 6.33 Å². The molecule has 22 heavy (non-hydrogen) atoms. The number of nitrogens with zero attached hydrogens (tertiary/aromatic N) is 2. The van der Waals surface area contributed by atoms with Crippen molar-refractivity contribution in [2.75, 3.05) is 6.54 Å². The van der Waals surface area contributed by atoms with Gasteiger partial charge >= 0.3 is 0 Å². The monoisotopic (exact) mass is 297 g/mol. The van der Waals surface area contributed by atoms with Gasteiger partial charge < -0.3 is 14.3 Å². The first-order valence-corrected chi connectivity index (χ1v) is 7.31. The number of hydrogen-bond donors (Lipinski definition) is 1. The lowest BCUT2D eigenvalue weighted by Crippen LogP contribution is -2.29. The van der Waals surface area contributed by atoms with Crippen LogP contribution in [0.1, 0.15) is 34.6 Å². The summed E-state index contributed by atoms with van der Waals surface area (Å²) in [6.07, 6.45) is 5.35. The molecule has 0 saturated carbocycles. The first-order valence-electron chi connectivity index (χ1n) is 7.31. The number of amides is 1.